The standard InChI is InChI=1S/C11H13N3S/c1-8-2-3-9(6-13-8)11-14-10(4-5-12)7-15-11/h2-3,6-7H,4-5,12H2,1H3. The van der Waals surface area contributed by atoms with Gasteiger partial charge in [0.1, 0.15) is 5.01 Å². The second-order valence-electron chi connectivity index (χ2n) is 3.37. The molecule has 2 N–H and O–H groups in total. The van der Waals surface area contributed by atoms with Gasteiger partial charge in [0.2, 0.25) is 0 Å². The fourth-order valence-corrected chi connectivity index (χ4v) is 2.14. The lowest BCUT2D eigenvalue weighted by Crippen LogP contribution is -2.02. The summed E-state index contributed by atoms with van der Waals surface area (Å²) in [6.45, 7) is 2.63. The molecule has 0 aliphatic carbocycles. The number of aryl methyl sites for hydroxylation is 1. The van der Waals surface area contributed by atoms with Crippen molar-refractivity contribution < 1.29 is 0 Å². The first-order valence-corrected chi connectivity index (χ1v) is 5.75. The largest absolute Gasteiger partial charge is 0.330 e. The van der Waals surface area contributed by atoms with Crippen molar-refractivity contribution in [3.05, 3.63) is 35.1 Å². The zero-order chi connectivity index (χ0) is 10.7. The highest BCUT2D eigenvalue weighted by Crippen LogP contribution is 2.22. The molecule has 0 fully saturated rings. The number of pyridine rings is 1. The lowest BCUT2D eigenvalue weighted by atomic mass is 10.2. The third-order valence-corrected chi connectivity index (χ3v) is 3.05. The van der Waals surface area contributed by atoms with E-state index < -0.39 is 0 Å². The summed E-state index contributed by atoms with van der Waals surface area (Å²) in [5.74, 6) is 0. The molecular formula is C11H13N3S. The number of thiazole rings is 1. The summed E-state index contributed by atoms with van der Waals surface area (Å²) in [5, 5.41) is 3.08. The van der Waals surface area contributed by atoms with Gasteiger partial charge in [-0.3, -0.25) is 4.98 Å². The van der Waals surface area contributed by atoms with Crippen molar-refractivity contribution in [3.63, 3.8) is 0 Å². The van der Waals surface area contributed by atoms with E-state index in [1.807, 2.05) is 25.3 Å². The fourth-order valence-electron chi connectivity index (χ4n) is 1.30. The number of nitrogens with zero attached hydrogens (tertiary/aromatic N) is 2. The van der Waals surface area contributed by atoms with Crippen LogP contribution in [0.2, 0.25) is 0 Å². The van der Waals surface area contributed by atoms with Crippen LogP contribution in [0.3, 0.4) is 0 Å². The molecule has 2 rings (SSSR count). The zero-order valence-corrected chi connectivity index (χ0v) is 9.42. The van der Waals surface area contributed by atoms with Crippen LogP contribution in [-0.2, 0) is 6.42 Å². The maximum Gasteiger partial charge on any atom is 0.125 e. The quantitative estimate of drug-likeness (QED) is 0.859. The maximum atomic E-state index is 5.48. The SMILES string of the molecule is Cc1ccc(-c2nc(CCN)cs2)cn1. The molecule has 15 heavy (non-hydrogen) atoms. The molecule has 0 radical (unpaired) electrons. The van der Waals surface area contributed by atoms with Gasteiger partial charge in [-0.15, -0.1) is 11.3 Å². The third kappa shape index (κ3) is 2.40. The van der Waals surface area contributed by atoms with Gasteiger partial charge in [0, 0.05) is 29.3 Å². The van der Waals surface area contributed by atoms with Crippen LogP contribution in [0.25, 0.3) is 10.6 Å². The predicted molar refractivity (Wildman–Crippen MR) is 62.8 cm³/mol. The van der Waals surface area contributed by atoms with E-state index in [1.54, 1.807) is 11.3 Å². The zero-order valence-electron chi connectivity index (χ0n) is 8.60. The van der Waals surface area contributed by atoms with E-state index in [2.05, 4.69) is 15.3 Å². The van der Waals surface area contributed by atoms with Crippen LogP contribution >= 0.6 is 11.3 Å². The summed E-state index contributed by atoms with van der Waals surface area (Å²) in [4.78, 5) is 8.75. The number of rotatable bonds is 3. The normalized spacial score (nSPS) is 10.5. The van der Waals surface area contributed by atoms with Crippen LogP contribution in [-0.4, -0.2) is 16.5 Å². The Bertz CT molecular complexity index is 433. The molecule has 4 heteroatoms. The van der Waals surface area contributed by atoms with Gasteiger partial charge >= 0.3 is 0 Å². The highest BCUT2D eigenvalue weighted by molar-refractivity contribution is 7.13. The second kappa shape index (κ2) is 4.51. The average molecular weight is 219 g/mol. The lowest BCUT2D eigenvalue weighted by Gasteiger charge is -1.95. The van der Waals surface area contributed by atoms with Gasteiger partial charge in [-0.25, -0.2) is 4.98 Å². The Morgan fingerprint density at radius 3 is 2.93 bits per heavy atom. The Labute approximate surface area is 93.0 Å². The summed E-state index contributed by atoms with van der Waals surface area (Å²) >= 11 is 1.64. The maximum absolute atomic E-state index is 5.48. The van der Waals surface area contributed by atoms with Gasteiger partial charge in [-0.2, -0.15) is 0 Å². The Hall–Kier alpha value is -1.26. The summed E-state index contributed by atoms with van der Waals surface area (Å²) in [5.41, 5.74) is 8.65. The molecular weight excluding hydrogens is 206 g/mol. The Balaban J connectivity index is 2.25. The first kappa shape index (κ1) is 10.3. The van der Waals surface area contributed by atoms with Crippen molar-refractivity contribution in [2.45, 2.75) is 13.3 Å². The molecule has 0 saturated carbocycles. The van der Waals surface area contributed by atoms with Crippen molar-refractivity contribution in [3.8, 4) is 10.6 Å². The molecule has 0 saturated heterocycles. The number of nitrogens with two attached hydrogens (primary N) is 1. The van der Waals surface area contributed by atoms with Crippen LogP contribution in [0.4, 0.5) is 0 Å². The van der Waals surface area contributed by atoms with Crippen molar-refractivity contribution in [2.24, 2.45) is 5.73 Å². The van der Waals surface area contributed by atoms with Gasteiger partial charge < -0.3 is 5.73 Å². The van der Waals surface area contributed by atoms with E-state index in [0.717, 1.165) is 28.4 Å². The number of hydrogen-bond donors (Lipinski definition) is 1. The van der Waals surface area contributed by atoms with Gasteiger partial charge in [0.05, 0.1) is 5.69 Å². The van der Waals surface area contributed by atoms with E-state index in [1.165, 1.54) is 0 Å². The predicted octanol–water partition coefficient (Wildman–Crippen LogP) is 2.01. The number of aromatic nitrogens is 2. The van der Waals surface area contributed by atoms with Crippen molar-refractivity contribution >= 4 is 11.3 Å². The summed E-state index contributed by atoms with van der Waals surface area (Å²) < 4.78 is 0. The van der Waals surface area contributed by atoms with Crippen LogP contribution in [0.1, 0.15) is 11.4 Å². The fraction of sp³-hybridized carbons (Fsp3) is 0.273. The third-order valence-electron chi connectivity index (χ3n) is 2.11. The highest BCUT2D eigenvalue weighted by Gasteiger charge is 2.03. The van der Waals surface area contributed by atoms with Crippen molar-refractivity contribution in [1.29, 1.82) is 0 Å². The van der Waals surface area contributed by atoms with E-state index in [-0.39, 0.29) is 0 Å². The molecule has 0 aliphatic rings. The van der Waals surface area contributed by atoms with Crippen LogP contribution in [0, 0.1) is 6.92 Å². The topological polar surface area (TPSA) is 51.8 Å². The van der Waals surface area contributed by atoms with E-state index in [9.17, 15) is 0 Å². The molecule has 2 aromatic heterocycles. The second-order valence-corrected chi connectivity index (χ2v) is 4.23. The number of hydrogen-bond acceptors (Lipinski definition) is 4. The van der Waals surface area contributed by atoms with Gasteiger partial charge in [-0.05, 0) is 25.6 Å². The first-order valence-electron chi connectivity index (χ1n) is 4.87. The van der Waals surface area contributed by atoms with E-state index in [0.29, 0.717) is 6.54 Å². The summed E-state index contributed by atoms with van der Waals surface area (Å²) in [6.07, 6.45) is 2.70. The Morgan fingerprint density at radius 1 is 1.40 bits per heavy atom. The molecule has 0 aliphatic heterocycles. The molecule has 2 heterocycles. The van der Waals surface area contributed by atoms with Crippen molar-refractivity contribution in [2.75, 3.05) is 6.54 Å². The highest BCUT2D eigenvalue weighted by atomic mass is 32.1. The minimum Gasteiger partial charge on any atom is -0.330 e. The Morgan fingerprint density at radius 2 is 2.27 bits per heavy atom. The van der Waals surface area contributed by atoms with Crippen LogP contribution in [0.15, 0.2) is 23.7 Å². The molecule has 3 nitrogen and oxygen atoms in total. The molecule has 0 spiro atoms. The first-order chi connectivity index (χ1) is 7.29. The molecule has 0 aromatic carbocycles. The monoisotopic (exact) mass is 219 g/mol. The van der Waals surface area contributed by atoms with Gasteiger partial charge in [0.15, 0.2) is 0 Å². The molecule has 0 bridgehead atoms. The van der Waals surface area contributed by atoms with Gasteiger partial charge in [-0.1, -0.05) is 0 Å². The Kier molecular flexibility index (Phi) is 3.08. The van der Waals surface area contributed by atoms with Crippen molar-refractivity contribution in [1.82, 2.24) is 9.97 Å². The van der Waals surface area contributed by atoms with Crippen LogP contribution < -0.4 is 5.73 Å². The summed E-state index contributed by atoms with van der Waals surface area (Å²) in [6, 6.07) is 4.05. The van der Waals surface area contributed by atoms with E-state index >= 15 is 0 Å². The molecule has 0 amide bonds. The minimum atomic E-state index is 0.648. The summed E-state index contributed by atoms with van der Waals surface area (Å²) in [7, 11) is 0. The minimum absolute atomic E-state index is 0.648. The lowest BCUT2D eigenvalue weighted by molar-refractivity contribution is 0.936. The van der Waals surface area contributed by atoms with Crippen LogP contribution in [0.5, 0.6) is 0 Å². The molecule has 0 unspecified atom stereocenters. The van der Waals surface area contributed by atoms with Gasteiger partial charge in [0.25, 0.3) is 0 Å². The molecule has 78 valence electrons. The average Bonchev–Trinajstić information content (AvgIpc) is 2.68. The van der Waals surface area contributed by atoms with E-state index in [4.69, 9.17) is 5.73 Å². The smallest absolute Gasteiger partial charge is 0.125 e. The molecule has 2 aromatic rings. The molecule has 0 atom stereocenters.